The molecule has 36 heavy (non-hydrogen) atoms. The minimum absolute atomic E-state index is 0.00657. The molecule has 1 aromatic heterocycles. The molecule has 5 rings (SSSR count). The maximum atomic E-state index is 11.8. The van der Waals surface area contributed by atoms with Crippen molar-refractivity contribution in [2.75, 3.05) is 6.61 Å². The fourth-order valence-corrected chi connectivity index (χ4v) is 10.4. The Morgan fingerprint density at radius 3 is 2.53 bits per heavy atom. The quantitative estimate of drug-likeness (QED) is 0.384. The van der Waals surface area contributed by atoms with Crippen LogP contribution in [0.2, 0.25) is 0 Å². The number of hydrogen-bond donors (Lipinski definition) is 4. The van der Waals surface area contributed by atoms with Gasteiger partial charge in [0.15, 0.2) is 0 Å². The Morgan fingerprint density at radius 1 is 1.19 bits per heavy atom. The Labute approximate surface area is 214 Å². The molecule has 4 N–H and O–H groups in total. The summed E-state index contributed by atoms with van der Waals surface area (Å²) < 4.78 is 5.78. The van der Waals surface area contributed by atoms with Crippen LogP contribution in [0.25, 0.3) is 0 Å². The number of aliphatic carboxylic acids is 1. The van der Waals surface area contributed by atoms with Gasteiger partial charge in [0.1, 0.15) is 5.76 Å². The first kappa shape index (κ1) is 26.0. The molecule has 4 aliphatic carbocycles. The van der Waals surface area contributed by atoms with Crippen LogP contribution in [0, 0.1) is 52.3 Å². The highest BCUT2D eigenvalue weighted by Gasteiger charge is 2.83. The molecule has 4 aliphatic rings. The number of carboxylic acid groups (broad SMARTS) is 1. The van der Waals surface area contributed by atoms with E-state index in [0.717, 1.165) is 49.8 Å². The number of hydrogen-bond acceptors (Lipinski definition) is 5. The van der Waals surface area contributed by atoms with Crippen molar-refractivity contribution in [2.24, 2.45) is 45.3 Å². The molecule has 1 aromatic rings. The van der Waals surface area contributed by atoms with Crippen LogP contribution < -0.4 is 0 Å². The van der Waals surface area contributed by atoms with Crippen LogP contribution in [0.15, 0.2) is 28.9 Å². The Bertz CT molecular complexity index is 1050. The van der Waals surface area contributed by atoms with Crippen molar-refractivity contribution in [1.29, 1.82) is 0 Å². The molecular weight excluding hydrogens is 456 g/mol. The van der Waals surface area contributed by atoms with E-state index < -0.39 is 29.5 Å². The molecular formula is C30H44O6. The van der Waals surface area contributed by atoms with E-state index in [1.165, 1.54) is 0 Å². The van der Waals surface area contributed by atoms with Gasteiger partial charge in [-0.05, 0) is 102 Å². The summed E-state index contributed by atoms with van der Waals surface area (Å²) in [7, 11) is 0. The maximum Gasteiger partial charge on any atom is 0.303 e. The third-order valence-corrected chi connectivity index (χ3v) is 12.0. The Hall–Kier alpha value is -1.63. The number of rotatable bonds is 8. The minimum Gasteiger partial charge on any atom is -0.481 e. The van der Waals surface area contributed by atoms with Crippen molar-refractivity contribution in [3.05, 3.63) is 35.8 Å². The predicted octanol–water partition coefficient (Wildman–Crippen LogP) is 4.74. The molecule has 0 saturated heterocycles. The summed E-state index contributed by atoms with van der Waals surface area (Å²) in [6, 6.07) is 2.12. The Balaban J connectivity index is 1.50. The van der Waals surface area contributed by atoms with Gasteiger partial charge in [-0.25, -0.2) is 0 Å². The molecule has 0 radical (unpaired) electrons. The zero-order valence-corrected chi connectivity index (χ0v) is 22.3. The van der Waals surface area contributed by atoms with Crippen molar-refractivity contribution < 1.29 is 29.6 Å². The summed E-state index contributed by atoms with van der Waals surface area (Å²) in [6.45, 7) is 12.9. The fourth-order valence-electron chi connectivity index (χ4n) is 10.4. The SMILES string of the molecule is C=C(CO)C1C(O)C(O)C2C3(C)CCC(C(C)Cc4cc(C)co4)C3(C)CCC23CC13CCC(=O)O. The van der Waals surface area contributed by atoms with Crippen molar-refractivity contribution in [1.82, 2.24) is 0 Å². The van der Waals surface area contributed by atoms with Crippen LogP contribution in [-0.4, -0.2) is 45.2 Å². The molecule has 10 atom stereocenters. The average molecular weight is 501 g/mol. The van der Waals surface area contributed by atoms with E-state index in [9.17, 15) is 25.2 Å². The van der Waals surface area contributed by atoms with E-state index in [1.54, 1.807) is 0 Å². The minimum atomic E-state index is -1.04. The maximum absolute atomic E-state index is 11.8. The molecule has 6 heteroatoms. The first-order chi connectivity index (χ1) is 16.9. The van der Waals surface area contributed by atoms with Gasteiger partial charge in [-0.2, -0.15) is 0 Å². The van der Waals surface area contributed by atoms with Gasteiger partial charge in [0.2, 0.25) is 0 Å². The van der Waals surface area contributed by atoms with E-state index in [-0.39, 0.29) is 35.2 Å². The van der Waals surface area contributed by atoms with Gasteiger partial charge in [0.25, 0.3) is 0 Å². The van der Waals surface area contributed by atoms with E-state index in [0.29, 0.717) is 23.8 Å². The van der Waals surface area contributed by atoms with Crippen molar-refractivity contribution in [3.63, 3.8) is 0 Å². The summed E-state index contributed by atoms with van der Waals surface area (Å²) >= 11 is 0. The third kappa shape index (κ3) is 3.29. The molecule has 4 saturated carbocycles. The normalized spacial score (nSPS) is 45.9. The highest BCUT2D eigenvalue weighted by Crippen LogP contribution is 2.87. The van der Waals surface area contributed by atoms with Gasteiger partial charge in [-0.3, -0.25) is 4.79 Å². The number of aliphatic hydroxyl groups excluding tert-OH is 3. The van der Waals surface area contributed by atoms with Gasteiger partial charge in [-0.15, -0.1) is 0 Å². The summed E-state index contributed by atoms with van der Waals surface area (Å²) in [4.78, 5) is 11.6. The molecule has 1 heterocycles. The molecule has 4 fully saturated rings. The second kappa shape index (κ2) is 8.44. The lowest BCUT2D eigenvalue weighted by Gasteiger charge is -2.63. The Kier molecular flexibility index (Phi) is 6.09. The molecule has 0 aromatic carbocycles. The monoisotopic (exact) mass is 500 g/mol. The van der Waals surface area contributed by atoms with Gasteiger partial charge in [0, 0.05) is 18.8 Å². The van der Waals surface area contributed by atoms with E-state index in [2.05, 4.69) is 33.4 Å². The largest absolute Gasteiger partial charge is 0.481 e. The molecule has 0 amide bonds. The van der Waals surface area contributed by atoms with E-state index in [4.69, 9.17) is 4.42 Å². The topological polar surface area (TPSA) is 111 Å². The number of aryl methyl sites for hydroxylation is 1. The molecule has 10 unspecified atom stereocenters. The third-order valence-electron chi connectivity index (χ3n) is 12.0. The van der Waals surface area contributed by atoms with E-state index in [1.807, 2.05) is 13.2 Å². The van der Waals surface area contributed by atoms with Gasteiger partial charge in [0.05, 0.1) is 25.1 Å². The highest BCUT2D eigenvalue weighted by molar-refractivity contribution is 5.67. The Morgan fingerprint density at radius 2 is 1.92 bits per heavy atom. The van der Waals surface area contributed by atoms with Crippen LogP contribution in [0.1, 0.15) is 77.0 Å². The number of carboxylic acids is 1. The van der Waals surface area contributed by atoms with Crippen LogP contribution in [0.3, 0.4) is 0 Å². The lowest BCUT2D eigenvalue weighted by molar-refractivity contribution is -0.205. The standard InChI is InChI=1S/C30H44O6/c1-17-12-20(36-15-17)13-18(2)21-6-8-28(5)26-25(35)24(34)23(19(3)14-31)29(9-7-22(32)33)16-30(26,29)11-10-27(21,28)4/h12,15,18,21,23-26,31,34-35H,3,6-11,13-14,16H2,1-2,4-5H3,(H,32,33). The zero-order valence-electron chi connectivity index (χ0n) is 22.3. The second-order valence-electron chi connectivity index (χ2n) is 13.4. The highest BCUT2D eigenvalue weighted by atomic mass is 16.4. The lowest BCUT2D eigenvalue weighted by Crippen LogP contribution is -2.63. The summed E-state index contributed by atoms with van der Waals surface area (Å²) in [5.74, 6) is 0.522. The van der Waals surface area contributed by atoms with Crippen LogP contribution >= 0.6 is 0 Å². The van der Waals surface area contributed by atoms with Gasteiger partial charge >= 0.3 is 5.97 Å². The number of furan rings is 1. The first-order valence-electron chi connectivity index (χ1n) is 13.8. The zero-order chi connectivity index (χ0) is 26.3. The van der Waals surface area contributed by atoms with E-state index >= 15 is 0 Å². The van der Waals surface area contributed by atoms with Crippen molar-refractivity contribution in [2.45, 2.75) is 91.3 Å². The molecule has 0 aliphatic heterocycles. The second-order valence-corrected chi connectivity index (χ2v) is 13.4. The molecule has 1 spiro atoms. The summed E-state index contributed by atoms with van der Waals surface area (Å²) in [6.07, 6.45) is 6.07. The smallest absolute Gasteiger partial charge is 0.303 e. The average Bonchev–Trinajstić information content (AvgIpc) is 3.11. The number of carbonyl (C=O) groups is 1. The van der Waals surface area contributed by atoms with Crippen molar-refractivity contribution >= 4 is 5.97 Å². The molecule has 6 nitrogen and oxygen atoms in total. The predicted molar refractivity (Wildman–Crippen MR) is 136 cm³/mol. The lowest BCUT2D eigenvalue weighted by atomic mass is 9.42. The molecule has 0 bridgehead atoms. The first-order valence-corrected chi connectivity index (χ1v) is 13.8. The van der Waals surface area contributed by atoms with Gasteiger partial charge in [-0.1, -0.05) is 27.4 Å². The van der Waals surface area contributed by atoms with Crippen molar-refractivity contribution in [3.8, 4) is 0 Å². The summed E-state index contributed by atoms with van der Waals surface area (Å²) in [5, 5.41) is 42.8. The van der Waals surface area contributed by atoms with Crippen LogP contribution in [-0.2, 0) is 11.2 Å². The van der Waals surface area contributed by atoms with Gasteiger partial charge < -0.3 is 24.8 Å². The summed E-state index contributed by atoms with van der Waals surface area (Å²) in [5.41, 5.74) is 0.867. The van der Waals surface area contributed by atoms with Crippen LogP contribution in [0.5, 0.6) is 0 Å². The fraction of sp³-hybridized carbons (Fsp3) is 0.767. The molecule has 200 valence electrons. The van der Waals surface area contributed by atoms with Crippen LogP contribution in [0.4, 0.5) is 0 Å². The number of fused-ring (bicyclic) bond motifs is 2. The number of aliphatic hydroxyl groups is 3.